The van der Waals surface area contributed by atoms with Crippen molar-refractivity contribution in [1.29, 1.82) is 0 Å². The number of nitrogens with zero attached hydrogens (tertiary/aromatic N) is 2. The number of aryl methyl sites for hydroxylation is 1. The molecule has 11 rings (SSSR count). The lowest BCUT2D eigenvalue weighted by atomic mass is 10.0. The Bertz CT molecular complexity index is 3200. The van der Waals surface area contributed by atoms with Crippen LogP contribution in [0.4, 0.5) is 34.1 Å². The minimum atomic E-state index is 1.10. The summed E-state index contributed by atoms with van der Waals surface area (Å²) in [7, 11) is 0. The highest BCUT2D eigenvalue weighted by Crippen LogP contribution is 2.43. The molecule has 0 fully saturated rings. The number of benzene rings is 10. The maximum atomic E-state index is 2.35. The van der Waals surface area contributed by atoms with Gasteiger partial charge in [0.25, 0.3) is 0 Å². The molecule has 0 saturated carbocycles. The molecule has 10 aromatic carbocycles. The highest BCUT2D eigenvalue weighted by Gasteiger charge is 2.18. The maximum absolute atomic E-state index is 2.35. The molecule has 0 saturated heterocycles. The zero-order valence-corrected chi connectivity index (χ0v) is 38.6. The highest BCUT2D eigenvalue weighted by atomic mass is 32.1. The van der Waals surface area contributed by atoms with E-state index in [0.717, 1.165) is 34.1 Å². The third-order valence-corrected chi connectivity index (χ3v) is 14.0. The molecule has 0 atom stereocenters. The van der Waals surface area contributed by atoms with Gasteiger partial charge >= 0.3 is 0 Å². The standard InChI is InChI=1S/C65H48N2S/c1-47-46-64(56-30-42-62(43-31-56)66(58-34-22-52(23-35-58)48-14-6-2-7-15-48)59-36-24-53(25-37-59)49-16-8-3-9-17-49)68-65(47)57-32-44-63(45-33-57)67(60-38-26-54(27-39-60)50-18-10-4-11-19-50)61-40-28-55(29-41-61)51-20-12-5-13-21-51/h2-46H,1H3. The first kappa shape index (κ1) is 42.2. The van der Waals surface area contributed by atoms with E-state index in [0.29, 0.717) is 0 Å². The predicted octanol–water partition coefficient (Wildman–Crippen LogP) is 19.0. The minimum Gasteiger partial charge on any atom is -0.311 e. The molecule has 0 spiro atoms. The van der Waals surface area contributed by atoms with Crippen molar-refractivity contribution in [3.8, 4) is 65.4 Å². The van der Waals surface area contributed by atoms with Crippen molar-refractivity contribution < 1.29 is 0 Å². The molecular weight excluding hydrogens is 841 g/mol. The molecule has 0 aliphatic rings. The Morgan fingerprint density at radius 3 is 0.721 bits per heavy atom. The van der Waals surface area contributed by atoms with Gasteiger partial charge in [-0.3, -0.25) is 0 Å². The van der Waals surface area contributed by atoms with Crippen LogP contribution in [0.3, 0.4) is 0 Å². The molecule has 11 aromatic rings. The monoisotopic (exact) mass is 888 g/mol. The lowest BCUT2D eigenvalue weighted by Gasteiger charge is -2.26. The van der Waals surface area contributed by atoms with E-state index in [9.17, 15) is 0 Å². The molecule has 0 unspecified atom stereocenters. The van der Waals surface area contributed by atoms with Crippen LogP contribution >= 0.6 is 11.3 Å². The van der Waals surface area contributed by atoms with Crippen LogP contribution in [0.15, 0.2) is 273 Å². The second-order valence-corrected chi connectivity index (χ2v) is 18.1. The SMILES string of the molecule is Cc1cc(-c2ccc(N(c3ccc(-c4ccccc4)cc3)c3ccc(-c4ccccc4)cc3)cc2)sc1-c1ccc(N(c2ccc(-c3ccccc3)cc2)c2ccc(-c3ccccc3)cc2)cc1. The Morgan fingerprint density at radius 1 is 0.235 bits per heavy atom. The van der Waals surface area contributed by atoms with Gasteiger partial charge in [0.15, 0.2) is 0 Å². The third-order valence-electron chi connectivity index (χ3n) is 12.6. The zero-order chi connectivity index (χ0) is 45.7. The van der Waals surface area contributed by atoms with E-state index >= 15 is 0 Å². The molecule has 68 heavy (non-hydrogen) atoms. The van der Waals surface area contributed by atoms with Crippen molar-refractivity contribution in [1.82, 2.24) is 0 Å². The average molecular weight is 889 g/mol. The van der Waals surface area contributed by atoms with Crippen LogP contribution in [-0.4, -0.2) is 0 Å². The van der Waals surface area contributed by atoms with Crippen molar-refractivity contribution in [3.63, 3.8) is 0 Å². The summed E-state index contributed by atoms with van der Waals surface area (Å²) >= 11 is 1.85. The van der Waals surface area contributed by atoms with Gasteiger partial charge in [-0.25, -0.2) is 0 Å². The minimum absolute atomic E-state index is 1.10. The molecule has 3 heteroatoms. The summed E-state index contributed by atoms with van der Waals surface area (Å²) in [6.07, 6.45) is 0. The Balaban J connectivity index is 0.881. The van der Waals surface area contributed by atoms with E-state index in [2.05, 4.69) is 290 Å². The van der Waals surface area contributed by atoms with Crippen molar-refractivity contribution >= 4 is 45.5 Å². The molecule has 0 aliphatic carbocycles. The molecule has 0 N–H and O–H groups in total. The van der Waals surface area contributed by atoms with Crippen LogP contribution in [-0.2, 0) is 0 Å². The second-order valence-electron chi connectivity index (χ2n) is 17.0. The van der Waals surface area contributed by atoms with Gasteiger partial charge in [0, 0.05) is 43.9 Å². The summed E-state index contributed by atoms with van der Waals surface area (Å²) < 4.78 is 0. The van der Waals surface area contributed by atoms with Gasteiger partial charge in [-0.05, 0) is 147 Å². The van der Waals surface area contributed by atoms with Crippen molar-refractivity contribution in [2.75, 3.05) is 9.80 Å². The smallest absolute Gasteiger partial charge is 0.0462 e. The van der Waals surface area contributed by atoms with Crippen LogP contribution in [0.5, 0.6) is 0 Å². The van der Waals surface area contributed by atoms with Crippen LogP contribution in [0.1, 0.15) is 5.56 Å². The molecule has 1 heterocycles. The number of anilines is 6. The summed E-state index contributed by atoms with van der Waals surface area (Å²) in [4.78, 5) is 7.22. The first-order chi connectivity index (χ1) is 33.6. The molecule has 0 radical (unpaired) electrons. The number of thiophene rings is 1. The molecule has 0 bridgehead atoms. The number of hydrogen-bond donors (Lipinski definition) is 0. The van der Waals surface area contributed by atoms with Crippen molar-refractivity contribution in [2.45, 2.75) is 6.92 Å². The Hall–Kier alpha value is -8.50. The highest BCUT2D eigenvalue weighted by molar-refractivity contribution is 7.19. The summed E-state index contributed by atoms with van der Waals surface area (Å²) in [6.45, 7) is 2.23. The van der Waals surface area contributed by atoms with Gasteiger partial charge < -0.3 is 9.80 Å². The predicted molar refractivity (Wildman–Crippen MR) is 291 cm³/mol. The molecule has 2 nitrogen and oxygen atoms in total. The Morgan fingerprint density at radius 2 is 0.456 bits per heavy atom. The summed E-state index contributed by atoms with van der Waals surface area (Å²) in [5, 5.41) is 0. The quantitative estimate of drug-likeness (QED) is 0.121. The van der Waals surface area contributed by atoms with Crippen molar-refractivity contribution in [3.05, 3.63) is 279 Å². The van der Waals surface area contributed by atoms with Crippen LogP contribution in [0, 0.1) is 6.92 Å². The van der Waals surface area contributed by atoms with Crippen molar-refractivity contribution in [2.24, 2.45) is 0 Å². The Labute approximate surface area is 404 Å². The molecule has 1 aromatic heterocycles. The van der Waals surface area contributed by atoms with Gasteiger partial charge in [0.2, 0.25) is 0 Å². The average Bonchev–Trinajstić information content (AvgIpc) is 3.82. The first-order valence-corrected chi connectivity index (χ1v) is 24.0. The van der Waals surface area contributed by atoms with Gasteiger partial charge in [-0.15, -0.1) is 11.3 Å². The van der Waals surface area contributed by atoms with E-state index < -0.39 is 0 Å². The second kappa shape index (κ2) is 19.1. The van der Waals surface area contributed by atoms with E-state index in [1.807, 2.05) is 11.3 Å². The fraction of sp³-hybridized carbons (Fsp3) is 0.0154. The molecular formula is C65H48N2S. The summed E-state index contributed by atoms with van der Waals surface area (Å²) in [6, 6.07) is 98.3. The third kappa shape index (κ3) is 8.91. The van der Waals surface area contributed by atoms with E-state index in [4.69, 9.17) is 0 Å². The van der Waals surface area contributed by atoms with E-state index in [1.54, 1.807) is 0 Å². The first-order valence-electron chi connectivity index (χ1n) is 23.1. The fourth-order valence-electron chi connectivity index (χ4n) is 9.08. The van der Waals surface area contributed by atoms with Gasteiger partial charge in [-0.2, -0.15) is 0 Å². The zero-order valence-electron chi connectivity index (χ0n) is 37.8. The van der Waals surface area contributed by atoms with E-state index in [1.165, 1.54) is 71.0 Å². The maximum Gasteiger partial charge on any atom is 0.0462 e. The summed E-state index contributed by atoms with van der Waals surface area (Å²) in [5.41, 5.74) is 19.9. The summed E-state index contributed by atoms with van der Waals surface area (Å²) in [5.74, 6) is 0. The fourth-order valence-corrected chi connectivity index (χ4v) is 10.3. The number of rotatable bonds is 12. The largest absolute Gasteiger partial charge is 0.311 e. The van der Waals surface area contributed by atoms with Crippen LogP contribution < -0.4 is 9.80 Å². The molecule has 0 aliphatic heterocycles. The van der Waals surface area contributed by atoms with Gasteiger partial charge in [-0.1, -0.05) is 194 Å². The van der Waals surface area contributed by atoms with Gasteiger partial charge in [0.1, 0.15) is 0 Å². The number of hydrogen-bond acceptors (Lipinski definition) is 3. The lowest BCUT2D eigenvalue weighted by Crippen LogP contribution is -2.09. The topological polar surface area (TPSA) is 6.48 Å². The molecule has 0 amide bonds. The Kier molecular flexibility index (Phi) is 11.9. The van der Waals surface area contributed by atoms with Crippen LogP contribution in [0.2, 0.25) is 0 Å². The lowest BCUT2D eigenvalue weighted by molar-refractivity contribution is 1.28. The normalized spacial score (nSPS) is 11.0. The van der Waals surface area contributed by atoms with E-state index in [-0.39, 0.29) is 0 Å². The van der Waals surface area contributed by atoms with Gasteiger partial charge in [0.05, 0.1) is 0 Å². The van der Waals surface area contributed by atoms with Crippen LogP contribution in [0.25, 0.3) is 65.4 Å². The molecule has 324 valence electrons.